The molecular weight excluding hydrogens is 2550 g/mol. The Labute approximate surface area is 918 Å². The second kappa shape index (κ2) is 42.1. The van der Waals surface area contributed by atoms with Gasteiger partial charge in [-0.05, 0) is 222 Å². The van der Waals surface area contributed by atoms with E-state index in [1.165, 1.54) is 49.4 Å². The van der Waals surface area contributed by atoms with E-state index in [1.54, 1.807) is 0 Å². The standard InChI is InChI=1S/C31H25N5.C31H24N5.C30H20N5.C30H21N5.2CH3.4Pt/c1-21-17-22(2)36(32-21)25-10-8-9-24(18-25)35-28-12-5-4-11-26(28)27-16-15-23(19-31(27)35)34-20-33(3)29-13-6-7-14-30(29)34;1-21-17-22(2)36(32-21)25-15-16-27-26-11-4-5-12-28(26)35(31(27)19-25)24-10-8-9-23(18-24)34-20-33(3)29-13-6-7-14-30(29)34;1-33-20-34(30-28(33)13-7-17-32-30)22-8-6-9-23(19-22)35-27-12-3-2-10-24(27)25-15-14-21(18-29(25)35)26-11-4-5-16-31-26;1-33-20-34(30-28(33)13-7-17-32-30)22-14-15-25-24-10-2-3-12-27(24)35(29(25)19-22)23-9-6-8-21(18-23)26-11-4-5-16-31-26;;;;;;/h4-17,19-20H,1-3H3;4-17,20H,1-3H3;2-17,20H,1H3;2-17,19-20H,1H3;2*1H3;;;;/q-2;2*-3;-2;2*-1;;;;. The molecule has 4 aliphatic rings. The topological polar surface area (TPSA) is 133 Å². The Kier molecular flexibility index (Phi) is 28.8. The van der Waals surface area contributed by atoms with E-state index in [2.05, 4.69) is 470 Å². The quantitative estimate of drug-likeness (QED) is 0.107. The van der Waals surface area contributed by atoms with E-state index in [9.17, 15) is 0 Å². The van der Waals surface area contributed by atoms with Gasteiger partial charge in [-0.3, -0.25) is 9.36 Å². The van der Waals surface area contributed by atoms with Crippen molar-refractivity contribution < 1.29 is 84.3 Å². The van der Waals surface area contributed by atoms with Crippen LogP contribution in [0.1, 0.15) is 22.8 Å². The molecule has 0 fully saturated rings. The molecular formula is C124H96N20Pt4-12. The summed E-state index contributed by atoms with van der Waals surface area (Å²) in [6, 6.07) is 144. The molecule has 14 heterocycles. The summed E-state index contributed by atoms with van der Waals surface area (Å²) in [5, 5.41) is 18.9. The fourth-order valence-corrected chi connectivity index (χ4v) is 20.5. The molecule has 148 heavy (non-hydrogen) atoms. The van der Waals surface area contributed by atoms with Crippen LogP contribution in [-0.4, -0.2) is 86.0 Å². The smallest absolute Gasteiger partial charge is 0.126 e. The van der Waals surface area contributed by atoms with Gasteiger partial charge in [0, 0.05) is 199 Å². The third-order valence-electron chi connectivity index (χ3n) is 26.9. The van der Waals surface area contributed by atoms with Crippen LogP contribution in [-0.2, 0) is 84.3 Å². The first-order valence-electron chi connectivity index (χ1n) is 47.3. The zero-order chi connectivity index (χ0) is 95.5. The van der Waals surface area contributed by atoms with Crippen LogP contribution in [0.2, 0.25) is 0 Å². The first kappa shape index (κ1) is 101. The second-order valence-electron chi connectivity index (χ2n) is 35.9. The van der Waals surface area contributed by atoms with Gasteiger partial charge in [-0.2, -0.15) is 54.5 Å². The van der Waals surface area contributed by atoms with Crippen LogP contribution < -0.4 is 39.2 Å². The second-order valence-corrected chi connectivity index (χ2v) is 35.9. The van der Waals surface area contributed by atoms with E-state index >= 15 is 0 Å². The predicted molar refractivity (Wildman–Crippen MR) is 589 cm³/mol. The number of aromatic nitrogens is 12. The van der Waals surface area contributed by atoms with Gasteiger partial charge in [0.05, 0.1) is 33.5 Å². The zero-order valence-electron chi connectivity index (χ0n) is 82.3. The number of nitrogens with zero attached hydrogens (tertiary/aromatic N) is 20. The number of hydrogen-bond acceptors (Lipinski definition) is 14. The van der Waals surface area contributed by atoms with Crippen molar-refractivity contribution in [2.75, 3.05) is 67.4 Å². The van der Waals surface area contributed by atoms with Gasteiger partial charge in [-0.25, -0.2) is 9.97 Å². The molecule has 0 saturated carbocycles. The maximum atomic E-state index is 4.69. The summed E-state index contributed by atoms with van der Waals surface area (Å²) >= 11 is 0. The van der Waals surface area contributed by atoms with Crippen LogP contribution in [0.15, 0.2) is 377 Å². The summed E-state index contributed by atoms with van der Waals surface area (Å²) in [5.41, 5.74) is 33.5. The number of pyridine rings is 4. The summed E-state index contributed by atoms with van der Waals surface area (Å²) in [7, 11) is 8.25. The van der Waals surface area contributed by atoms with Crippen LogP contribution in [0, 0.1) is 106 Å². The first-order valence-corrected chi connectivity index (χ1v) is 47.3. The summed E-state index contributed by atoms with van der Waals surface area (Å²) in [6.45, 7) is 16.6. The molecule has 28 rings (SSSR count). The Bertz CT molecular complexity index is 9060. The molecule has 14 aromatic carbocycles. The van der Waals surface area contributed by atoms with E-state index in [0.717, 1.165) is 186 Å². The van der Waals surface area contributed by atoms with Crippen molar-refractivity contribution in [1.82, 2.24) is 57.8 Å². The molecule has 0 bridgehead atoms. The summed E-state index contributed by atoms with van der Waals surface area (Å²) in [5.74, 6) is 1.83. The van der Waals surface area contributed by atoms with Crippen LogP contribution in [0.25, 0.3) is 144 Å². The summed E-state index contributed by atoms with van der Waals surface area (Å²) in [4.78, 5) is 35.5. The molecule has 4 aliphatic heterocycles. The Balaban J connectivity index is 0.000000122. The van der Waals surface area contributed by atoms with E-state index in [4.69, 9.17) is 5.10 Å². The average Bonchev–Trinajstić information content (AvgIpc) is 1.59. The molecule has 24 heteroatoms. The van der Waals surface area contributed by atoms with Crippen molar-refractivity contribution in [2.45, 2.75) is 27.7 Å². The number of aryl methyl sites for hydroxylation is 4. The molecule has 744 valence electrons. The maximum absolute atomic E-state index is 4.69. The van der Waals surface area contributed by atoms with Crippen molar-refractivity contribution in [3.8, 4) is 56.6 Å². The third-order valence-corrected chi connectivity index (χ3v) is 26.9. The van der Waals surface area contributed by atoms with Gasteiger partial charge in [0.2, 0.25) is 0 Å². The Morgan fingerprint density at radius 1 is 0.230 bits per heavy atom. The fraction of sp³-hybridized carbons (Fsp3) is 0.0645. The molecule has 0 aliphatic carbocycles. The van der Waals surface area contributed by atoms with Crippen LogP contribution >= 0.6 is 0 Å². The van der Waals surface area contributed by atoms with Crippen LogP contribution in [0.3, 0.4) is 0 Å². The molecule has 0 N–H and O–H groups in total. The number of para-hydroxylation sites is 8. The first-order chi connectivity index (χ1) is 69.7. The van der Waals surface area contributed by atoms with Crippen molar-refractivity contribution in [3.05, 3.63) is 477 Å². The molecule has 0 amide bonds. The van der Waals surface area contributed by atoms with E-state index in [1.807, 2.05) is 117 Å². The number of fused-ring (bicyclic) bond motifs is 16. The Hall–Kier alpha value is -15.5. The van der Waals surface area contributed by atoms with Gasteiger partial charge < -0.3 is 82.3 Å². The van der Waals surface area contributed by atoms with Crippen molar-refractivity contribution in [1.29, 1.82) is 0 Å². The van der Waals surface area contributed by atoms with Gasteiger partial charge in [-0.15, -0.1) is 144 Å². The van der Waals surface area contributed by atoms with E-state index in [0.29, 0.717) is 0 Å². The molecule has 20 nitrogen and oxygen atoms in total. The summed E-state index contributed by atoms with van der Waals surface area (Å²) < 4.78 is 13.0. The average molecular weight is 2650 g/mol. The largest absolute Gasteiger partial charge is 0.504 e. The molecule has 0 spiro atoms. The van der Waals surface area contributed by atoms with Gasteiger partial charge in [0.25, 0.3) is 0 Å². The minimum Gasteiger partial charge on any atom is -0.504 e. The van der Waals surface area contributed by atoms with E-state index in [-0.39, 0.29) is 99.1 Å². The van der Waals surface area contributed by atoms with Crippen molar-refractivity contribution in [3.63, 3.8) is 0 Å². The third kappa shape index (κ3) is 18.0. The normalized spacial score (nSPS) is 12.6. The molecule has 0 radical (unpaired) electrons. The van der Waals surface area contributed by atoms with Crippen LogP contribution in [0.5, 0.6) is 0 Å². The predicted octanol–water partition coefficient (Wildman–Crippen LogP) is 28.2. The molecule has 0 saturated heterocycles. The van der Waals surface area contributed by atoms with Gasteiger partial charge in [-0.1, -0.05) is 161 Å². The maximum Gasteiger partial charge on any atom is 0.126 e. The fourth-order valence-electron chi connectivity index (χ4n) is 20.5. The number of benzene rings is 14. The number of anilines is 12. The molecule has 24 aromatic rings. The zero-order valence-corrected chi connectivity index (χ0v) is 91.4. The van der Waals surface area contributed by atoms with Crippen molar-refractivity contribution >= 4 is 156 Å². The van der Waals surface area contributed by atoms with Gasteiger partial charge in [0.15, 0.2) is 0 Å². The molecule has 0 atom stereocenters. The monoisotopic (exact) mass is 2640 g/mol. The number of rotatable bonds is 12. The van der Waals surface area contributed by atoms with Crippen LogP contribution in [0.4, 0.5) is 68.5 Å². The SMILES string of the molecule is CN1[CH-]N(c2[c-]c(-n3c4[c-]c(-c5ccccn5)ccc4c4ccccc43)ccc2)c2ncccc21.CN1[CH-]N(c2ccc3c4ccccc4n(-c4[c-]c(-c5ccccn5)ccc4)c3c2)c2ncccc21.Cc1cc(C)n(-c2[c-]c(-n3c4ccccc4c4ccc(N5[CH-]N(C)c6ccccc65)cc43)ccc2)n1.Cc1cc(C)n(-c2[c-]c3c(cc2)c2ccccc2n3-c2[c-]c(N3[CH-]N(C)c4ccccc43)ccc2)n1.[CH3-].[CH3-].[Pt].[Pt].[Pt].[Pt]. The molecule has 10 aromatic heterocycles. The van der Waals surface area contributed by atoms with Gasteiger partial charge >= 0.3 is 0 Å². The Morgan fingerprint density at radius 3 is 1.07 bits per heavy atom. The van der Waals surface area contributed by atoms with E-state index < -0.39 is 0 Å². The minimum absolute atomic E-state index is 0. The van der Waals surface area contributed by atoms with Gasteiger partial charge in [0.1, 0.15) is 11.6 Å². The minimum atomic E-state index is 0. The van der Waals surface area contributed by atoms with Crippen molar-refractivity contribution in [2.24, 2.45) is 0 Å². The Morgan fingerprint density at radius 2 is 0.568 bits per heavy atom. The number of hydrogen-bond donors (Lipinski definition) is 0. The summed E-state index contributed by atoms with van der Waals surface area (Å²) in [6.07, 6.45) is 7.30. The molecule has 0 unspecified atom stereocenters.